The molecule has 2 rings (SSSR count). The van der Waals surface area contributed by atoms with Crippen LogP contribution in [0.15, 0.2) is 18.2 Å². The van der Waals surface area contributed by atoms with Crippen molar-refractivity contribution in [3.8, 4) is 0 Å². The lowest BCUT2D eigenvalue weighted by Gasteiger charge is -2.06. The summed E-state index contributed by atoms with van der Waals surface area (Å²) in [5.41, 5.74) is -1.02. The van der Waals surface area contributed by atoms with Crippen LogP contribution in [0.2, 0.25) is 0 Å². The summed E-state index contributed by atoms with van der Waals surface area (Å²) in [5, 5.41) is 1.90. The summed E-state index contributed by atoms with van der Waals surface area (Å²) in [7, 11) is 0. The third-order valence-corrected chi connectivity index (χ3v) is 1.86. The van der Waals surface area contributed by atoms with Crippen molar-refractivity contribution < 1.29 is 18.0 Å². The third-order valence-electron chi connectivity index (χ3n) is 1.86. The molecule has 1 aromatic rings. The fourth-order valence-corrected chi connectivity index (χ4v) is 1.26. The van der Waals surface area contributed by atoms with Gasteiger partial charge < -0.3 is 5.32 Å². The lowest BCUT2D eigenvalue weighted by molar-refractivity contribution is -0.139. The number of amides is 1. The molecule has 1 aliphatic heterocycles. The number of nitrogens with one attached hydrogen (secondary N) is 1. The molecule has 13 heavy (non-hydrogen) atoms. The number of carbonyl (C=O) groups is 1. The minimum absolute atomic E-state index is 0.157. The molecule has 0 saturated heterocycles. The highest BCUT2D eigenvalue weighted by Gasteiger charge is 2.50. The quantitative estimate of drug-likeness (QED) is 0.659. The molecule has 0 aliphatic carbocycles. The first-order chi connectivity index (χ1) is 6.03. The average molecular weight is 187 g/mol. The van der Waals surface area contributed by atoms with Gasteiger partial charge in [0, 0.05) is 0 Å². The molecule has 0 fully saturated rings. The van der Waals surface area contributed by atoms with Crippen LogP contribution in [0.25, 0.3) is 0 Å². The molecule has 68 valence electrons. The van der Waals surface area contributed by atoms with E-state index in [1.807, 2.05) is 5.32 Å². The fraction of sp³-hybridized carbons (Fsp3) is 0.125. The van der Waals surface area contributed by atoms with Crippen LogP contribution >= 0.6 is 0 Å². The Labute approximate surface area is 71.4 Å². The lowest BCUT2D eigenvalue weighted by atomic mass is 10.1. The average Bonchev–Trinajstić information content (AvgIpc) is 2.24. The maximum absolute atomic E-state index is 12.9. The normalized spacial score (nSPS) is 18.2. The molecule has 1 aromatic carbocycles. The molecule has 1 aliphatic rings. The topological polar surface area (TPSA) is 29.1 Å². The van der Waals surface area contributed by atoms with Crippen LogP contribution in [-0.2, 0) is 10.7 Å². The number of halogens is 3. The van der Waals surface area contributed by atoms with Crippen molar-refractivity contribution in [3.05, 3.63) is 29.6 Å². The zero-order chi connectivity index (χ0) is 9.64. The van der Waals surface area contributed by atoms with E-state index in [0.29, 0.717) is 0 Å². The maximum atomic E-state index is 12.9. The van der Waals surface area contributed by atoms with Gasteiger partial charge in [0.1, 0.15) is 5.82 Å². The van der Waals surface area contributed by atoms with E-state index >= 15 is 0 Å². The van der Waals surface area contributed by atoms with E-state index in [0.717, 1.165) is 6.07 Å². The van der Waals surface area contributed by atoms with E-state index in [1.165, 1.54) is 12.1 Å². The van der Waals surface area contributed by atoms with Gasteiger partial charge in [0.25, 0.3) is 5.91 Å². The Morgan fingerprint density at radius 2 is 2.00 bits per heavy atom. The molecule has 0 aromatic heterocycles. The van der Waals surface area contributed by atoms with Gasteiger partial charge in [0.2, 0.25) is 0 Å². The van der Waals surface area contributed by atoms with Crippen molar-refractivity contribution in [2.45, 2.75) is 5.92 Å². The highest BCUT2D eigenvalue weighted by atomic mass is 19.3. The Balaban J connectivity index is 2.70. The van der Waals surface area contributed by atoms with Gasteiger partial charge in [-0.1, -0.05) is 6.07 Å². The van der Waals surface area contributed by atoms with Crippen LogP contribution in [0.5, 0.6) is 0 Å². The molecule has 0 spiro atoms. The number of benzene rings is 1. The number of carbonyl (C=O) groups excluding carboxylic acids is 1. The van der Waals surface area contributed by atoms with Crippen LogP contribution in [0.3, 0.4) is 0 Å². The van der Waals surface area contributed by atoms with E-state index in [1.54, 1.807) is 0 Å². The summed E-state index contributed by atoms with van der Waals surface area (Å²) in [6.07, 6.45) is 0. The van der Waals surface area contributed by atoms with Crippen molar-refractivity contribution in [3.63, 3.8) is 0 Å². The molecular weight excluding hydrogens is 183 g/mol. The van der Waals surface area contributed by atoms with Gasteiger partial charge in [0.05, 0.1) is 11.3 Å². The Hall–Kier alpha value is -1.52. The summed E-state index contributed by atoms with van der Waals surface area (Å²) in [5.74, 6) is -6.30. The summed E-state index contributed by atoms with van der Waals surface area (Å²) < 4.78 is 38.8. The molecule has 1 amide bonds. The summed E-state index contributed by atoms with van der Waals surface area (Å²) in [4.78, 5) is 10.7. The Morgan fingerprint density at radius 1 is 1.31 bits per heavy atom. The number of rotatable bonds is 0. The minimum atomic E-state index is -3.75. The van der Waals surface area contributed by atoms with Gasteiger partial charge in [-0.05, 0) is 12.1 Å². The molecule has 0 saturated carbocycles. The predicted octanol–water partition coefficient (Wildman–Crippen LogP) is 1.87. The van der Waals surface area contributed by atoms with Crippen LogP contribution in [0.4, 0.5) is 18.9 Å². The van der Waals surface area contributed by atoms with Crippen LogP contribution in [0, 0.1) is 5.82 Å². The van der Waals surface area contributed by atoms with Crippen LogP contribution < -0.4 is 5.32 Å². The van der Waals surface area contributed by atoms with Crippen molar-refractivity contribution in [1.29, 1.82) is 0 Å². The summed E-state index contributed by atoms with van der Waals surface area (Å²) >= 11 is 0. The number of alkyl halides is 2. The van der Waals surface area contributed by atoms with E-state index in [4.69, 9.17) is 0 Å². The van der Waals surface area contributed by atoms with Crippen molar-refractivity contribution in [2.75, 3.05) is 5.32 Å². The Bertz CT molecular complexity index is 389. The van der Waals surface area contributed by atoms with Crippen molar-refractivity contribution in [2.24, 2.45) is 0 Å². The Morgan fingerprint density at radius 3 is 2.62 bits per heavy atom. The SMILES string of the molecule is O=C1Nc2cccc(F)c2C1(F)F. The van der Waals surface area contributed by atoms with Gasteiger partial charge in [-0.2, -0.15) is 8.78 Å². The molecule has 0 atom stereocenters. The predicted molar refractivity (Wildman–Crippen MR) is 38.9 cm³/mol. The van der Waals surface area contributed by atoms with E-state index < -0.39 is 23.2 Å². The number of hydrogen-bond acceptors (Lipinski definition) is 1. The minimum Gasteiger partial charge on any atom is -0.320 e. The molecular formula is C8H4F3NO. The smallest absolute Gasteiger partial charge is 0.320 e. The Kier molecular flexibility index (Phi) is 1.40. The third kappa shape index (κ3) is 0.929. The lowest BCUT2D eigenvalue weighted by Crippen LogP contribution is -2.24. The first-order valence-electron chi connectivity index (χ1n) is 3.52. The van der Waals surface area contributed by atoms with E-state index in [9.17, 15) is 18.0 Å². The second-order valence-corrected chi connectivity index (χ2v) is 2.69. The highest BCUT2D eigenvalue weighted by Crippen LogP contribution is 2.41. The molecule has 0 radical (unpaired) electrons. The molecule has 5 heteroatoms. The van der Waals surface area contributed by atoms with Crippen molar-refractivity contribution >= 4 is 11.6 Å². The maximum Gasteiger partial charge on any atom is 0.354 e. The van der Waals surface area contributed by atoms with Gasteiger partial charge in [-0.15, -0.1) is 0 Å². The second kappa shape index (κ2) is 2.25. The van der Waals surface area contributed by atoms with Gasteiger partial charge in [0.15, 0.2) is 0 Å². The second-order valence-electron chi connectivity index (χ2n) is 2.69. The van der Waals surface area contributed by atoms with E-state index in [2.05, 4.69) is 0 Å². The standard InChI is InChI=1S/C8H4F3NO/c9-4-2-1-3-5-6(4)8(10,11)7(13)12-5/h1-3H,(H,12,13). The molecule has 2 nitrogen and oxygen atoms in total. The van der Waals surface area contributed by atoms with Gasteiger partial charge in [-0.3, -0.25) is 4.79 Å². The van der Waals surface area contributed by atoms with Crippen LogP contribution in [0.1, 0.15) is 5.56 Å². The number of hydrogen-bond donors (Lipinski definition) is 1. The first-order valence-corrected chi connectivity index (χ1v) is 3.52. The van der Waals surface area contributed by atoms with E-state index in [-0.39, 0.29) is 5.69 Å². The van der Waals surface area contributed by atoms with Crippen LogP contribution in [-0.4, -0.2) is 5.91 Å². The fourth-order valence-electron chi connectivity index (χ4n) is 1.26. The largest absolute Gasteiger partial charge is 0.354 e. The summed E-state index contributed by atoms with van der Waals surface area (Å²) in [6, 6.07) is 3.39. The van der Waals surface area contributed by atoms with Gasteiger partial charge >= 0.3 is 5.92 Å². The zero-order valence-corrected chi connectivity index (χ0v) is 6.27. The van der Waals surface area contributed by atoms with Gasteiger partial charge in [-0.25, -0.2) is 4.39 Å². The highest BCUT2D eigenvalue weighted by molar-refractivity contribution is 6.03. The summed E-state index contributed by atoms with van der Waals surface area (Å²) in [6.45, 7) is 0. The van der Waals surface area contributed by atoms with Crippen molar-refractivity contribution in [1.82, 2.24) is 0 Å². The first kappa shape index (κ1) is 8.10. The monoisotopic (exact) mass is 187 g/mol. The molecule has 0 unspecified atom stereocenters. The molecule has 0 bridgehead atoms. The molecule has 1 heterocycles. The zero-order valence-electron chi connectivity index (χ0n) is 6.27. The number of anilines is 1. The number of fused-ring (bicyclic) bond motifs is 1. The molecule has 1 N–H and O–H groups in total.